The van der Waals surface area contributed by atoms with Gasteiger partial charge in [-0.25, -0.2) is 4.79 Å². The van der Waals surface area contributed by atoms with Crippen molar-refractivity contribution in [3.63, 3.8) is 0 Å². The standard InChI is InChI=1S/C18H18N4O4/c23-17-8-13(21-18(24)20-12-2-1-5-19-10-12)11-22(17)14-3-4-15-16(9-14)26-7-6-25-15/h1-5,9-10,13H,6-8,11H2,(H2,20,21,24)/t13-/m0/s1. The molecule has 1 saturated heterocycles. The van der Waals surface area contributed by atoms with Crippen LogP contribution in [0.1, 0.15) is 6.42 Å². The van der Waals surface area contributed by atoms with Crippen molar-refractivity contribution >= 4 is 23.3 Å². The quantitative estimate of drug-likeness (QED) is 0.876. The Morgan fingerprint density at radius 1 is 1.19 bits per heavy atom. The third kappa shape index (κ3) is 3.39. The smallest absolute Gasteiger partial charge is 0.319 e. The van der Waals surface area contributed by atoms with Crippen molar-refractivity contribution in [1.82, 2.24) is 10.3 Å². The summed E-state index contributed by atoms with van der Waals surface area (Å²) in [5.74, 6) is 1.26. The fraction of sp³-hybridized carbons (Fsp3) is 0.278. The fourth-order valence-corrected chi connectivity index (χ4v) is 3.04. The van der Waals surface area contributed by atoms with Gasteiger partial charge in [-0.3, -0.25) is 9.78 Å². The van der Waals surface area contributed by atoms with Crippen LogP contribution in [0.3, 0.4) is 0 Å². The minimum absolute atomic E-state index is 0.0478. The van der Waals surface area contributed by atoms with Crippen LogP contribution < -0.4 is 25.0 Å². The Labute approximate surface area is 150 Å². The minimum atomic E-state index is -0.361. The van der Waals surface area contributed by atoms with Gasteiger partial charge in [0.05, 0.1) is 17.9 Å². The summed E-state index contributed by atoms with van der Waals surface area (Å²) in [7, 11) is 0. The summed E-state index contributed by atoms with van der Waals surface area (Å²) >= 11 is 0. The van der Waals surface area contributed by atoms with Gasteiger partial charge < -0.3 is 25.0 Å². The maximum Gasteiger partial charge on any atom is 0.319 e. The second kappa shape index (κ2) is 6.91. The number of carbonyl (C=O) groups excluding carboxylic acids is 2. The molecule has 8 heteroatoms. The van der Waals surface area contributed by atoms with Gasteiger partial charge in [0.2, 0.25) is 5.91 Å². The molecule has 0 unspecified atom stereocenters. The molecule has 1 aromatic heterocycles. The number of aromatic nitrogens is 1. The van der Waals surface area contributed by atoms with Crippen molar-refractivity contribution in [2.75, 3.05) is 30.0 Å². The van der Waals surface area contributed by atoms with Gasteiger partial charge in [-0.15, -0.1) is 0 Å². The van der Waals surface area contributed by atoms with Gasteiger partial charge in [-0.1, -0.05) is 0 Å². The van der Waals surface area contributed by atoms with E-state index in [-0.39, 0.29) is 24.4 Å². The van der Waals surface area contributed by atoms with Crippen LogP contribution in [-0.2, 0) is 4.79 Å². The van der Waals surface area contributed by atoms with Gasteiger partial charge in [0.1, 0.15) is 13.2 Å². The molecule has 2 aliphatic heterocycles. The lowest BCUT2D eigenvalue weighted by Gasteiger charge is -2.22. The highest BCUT2D eigenvalue weighted by molar-refractivity contribution is 5.98. The molecule has 0 aliphatic carbocycles. The van der Waals surface area contributed by atoms with Crippen LogP contribution in [0.4, 0.5) is 16.2 Å². The van der Waals surface area contributed by atoms with Crippen LogP contribution in [0.15, 0.2) is 42.7 Å². The molecule has 1 atom stereocenters. The molecular weight excluding hydrogens is 336 g/mol. The number of rotatable bonds is 3. The Hall–Kier alpha value is -3.29. The van der Waals surface area contributed by atoms with Crippen LogP contribution >= 0.6 is 0 Å². The number of nitrogens with zero attached hydrogens (tertiary/aromatic N) is 2. The van der Waals surface area contributed by atoms with Gasteiger partial charge in [-0.05, 0) is 24.3 Å². The van der Waals surface area contributed by atoms with E-state index in [2.05, 4.69) is 15.6 Å². The predicted molar refractivity (Wildman–Crippen MR) is 94.6 cm³/mol. The lowest BCUT2D eigenvalue weighted by Crippen LogP contribution is -2.39. The average Bonchev–Trinajstić information content (AvgIpc) is 3.02. The summed E-state index contributed by atoms with van der Waals surface area (Å²) in [6, 6.07) is 8.26. The molecule has 4 rings (SSSR count). The molecule has 3 heterocycles. The Balaban J connectivity index is 1.40. The van der Waals surface area contributed by atoms with Crippen molar-refractivity contribution < 1.29 is 19.1 Å². The Morgan fingerprint density at radius 2 is 2.04 bits per heavy atom. The summed E-state index contributed by atoms with van der Waals surface area (Å²) in [6.07, 6.45) is 3.43. The molecule has 0 saturated carbocycles. The zero-order valence-electron chi connectivity index (χ0n) is 14.0. The Morgan fingerprint density at radius 3 is 2.85 bits per heavy atom. The third-order valence-corrected chi connectivity index (χ3v) is 4.22. The van der Waals surface area contributed by atoms with Crippen molar-refractivity contribution in [1.29, 1.82) is 0 Å². The SMILES string of the molecule is O=C(Nc1cccnc1)N[C@H]1CC(=O)N(c2ccc3c(c2)OCCO3)C1. The monoisotopic (exact) mass is 354 g/mol. The van der Waals surface area contributed by atoms with Crippen LogP contribution in [0, 0.1) is 0 Å². The van der Waals surface area contributed by atoms with Gasteiger partial charge in [0.25, 0.3) is 0 Å². The van der Waals surface area contributed by atoms with Crippen molar-refractivity contribution in [3.8, 4) is 11.5 Å². The summed E-state index contributed by atoms with van der Waals surface area (Å²) in [5.41, 5.74) is 1.33. The summed E-state index contributed by atoms with van der Waals surface area (Å²) in [5, 5.41) is 5.52. The molecular formula is C18H18N4O4. The largest absolute Gasteiger partial charge is 0.486 e. The molecule has 2 aromatic rings. The normalized spacial score (nSPS) is 18.5. The number of ether oxygens (including phenoxy) is 2. The lowest BCUT2D eigenvalue weighted by atomic mass is 10.2. The number of anilines is 2. The molecule has 2 N–H and O–H groups in total. The number of hydrogen-bond acceptors (Lipinski definition) is 5. The Kier molecular flexibility index (Phi) is 4.30. The maximum atomic E-state index is 12.4. The number of carbonyl (C=O) groups is 2. The van der Waals surface area contributed by atoms with Crippen molar-refractivity contribution in [2.45, 2.75) is 12.5 Å². The van der Waals surface area contributed by atoms with Crippen LogP contribution in [0.25, 0.3) is 0 Å². The van der Waals surface area contributed by atoms with Crippen molar-refractivity contribution in [2.24, 2.45) is 0 Å². The number of amides is 3. The first-order valence-electron chi connectivity index (χ1n) is 8.36. The highest BCUT2D eigenvalue weighted by atomic mass is 16.6. The van der Waals surface area contributed by atoms with E-state index in [4.69, 9.17) is 9.47 Å². The minimum Gasteiger partial charge on any atom is -0.486 e. The first-order chi connectivity index (χ1) is 12.7. The van der Waals surface area contributed by atoms with E-state index >= 15 is 0 Å². The highest BCUT2D eigenvalue weighted by Crippen LogP contribution is 2.35. The number of benzene rings is 1. The molecule has 2 aliphatic rings. The van der Waals surface area contributed by atoms with Crippen LogP contribution in [-0.4, -0.2) is 42.7 Å². The molecule has 8 nitrogen and oxygen atoms in total. The number of nitrogens with one attached hydrogen (secondary N) is 2. The van der Waals surface area contributed by atoms with Gasteiger partial charge in [0, 0.05) is 30.9 Å². The van der Waals surface area contributed by atoms with E-state index in [0.717, 1.165) is 5.69 Å². The number of fused-ring (bicyclic) bond motifs is 1. The molecule has 3 amide bonds. The van der Waals surface area contributed by atoms with Crippen LogP contribution in [0.2, 0.25) is 0 Å². The van der Waals surface area contributed by atoms with Gasteiger partial charge in [-0.2, -0.15) is 0 Å². The zero-order chi connectivity index (χ0) is 17.9. The fourth-order valence-electron chi connectivity index (χ4n) is 3.04. The second-order valence-corrected chi connectivity index (χ2v) is 6.07. The molecule has 26 heavy (non-hydrogen) atoms. The van der Waals surface area contributed by atoms with E-state index < -0.39 is 0 Å². The molecule has 134 valence electrons. The summed E-state index contributed by atoms with van der Waals surface area (Å²) in [6.45, 7) is 1.41. The molecule has 1 fully saturated rings. The van der Waals surface area contributed by atoms with E-state index in [1.807, 2.05) is 6.07 Å². The van der Waals surface area contributed by atoms with Crippen LogP contribution in [0.5, 0.6) is 11.5 Å². The first kappa shape index (κ1) is 16.2. The molecule has 0 bridgehead atoms. The molecule has 0 spiro atoms. The number of hydrogen-bond donors (Lipinski definition) is 2. The second-order valence-electron chi connectivity index (χ2n) is 6.07. The highest BCUT2D eigenvalue weighted by Gasteiger charge is 2.32. The maximum absolute atomic E-state index is 12.4. The molecule has 1 aromatic carbocycles. The van der Waals surface area contributed by atoms with E-state index in [1.54, 1.807) is 41.6 Å². The number of pyridine rings is 1. The summed E-state index contributed by atoms with van der Waals surface area (Å²) < 4.78 is 11.1. The van der Waals surface area contributed by atoms with E-state index in [1.165, 1.54) is 0 Å². The zero-order valence-corrected chi connectivity index (χ0v) is 14.0. The predicted octanol–water partition coefficient (Wildman–Crippen LogP) is 1.78. The Bertz CT molecular complexity index is 827. The topological polar surface area (TPSA) is 92.8 Å². The first-order valence-corrected chi connectivity index (χ1v) is 8.36. The number of urea groups is 1. The van der Waals surface area contributed by atoms with Crippen molar-refractivity contribution in [3.05, 3.63) is 42.7 Å². The van der Waals surface area contributed by atoms with E-state index in [0.29, 0.717) is 36.9 Å². The third-order valence-electron chi connectivity index (χ3n) is 4.22. The van der Waals surface area contributed by atoms with Gasteiger partial charge >= 0.3 is 6.03 Å². The van der Waals surface area contributed by atoms with E-state index in [9.17, 15) is 9.59 Å². The molecule has 0 radical (unpaired) electrons. The average molecular weight is 354 g/mol. The van der Waals surface area contributed by atoms with Gasteiger partial charge in [0.15, 0.2) is 11.5 Å². The summed E-state index contributed by atoms with van der Waals surface area (Å²) in [4.78, 5) is 30.0. The lowest BCUT2D eigenvalue weighted by molar-refractivity contribution is -0.117.